The van der Waals surface area contributed by atoms with E-state index in [2.05, 4.69) is 10.2 Å². The fourth-order valence-electron chi connectivity index (χ4n) is 3.43. The number of aromatic nitrogens is 2. The highest BCUT2D eigenvalue weighted by molar-refractivity contribution is 7.14. The standard InChI is InChI=1S/C21H20FN3O2S/c1-27-18-5-3-2-4-17(18)20-24-23-19(28-20)14-10-12-25(13-11-14)21(26)15-6-8-16(22)9-7-15/h2-9,14H,10-13H2,1H3. The number of ether oxygens (including phenoxy) is 1. The number of rotatable bonds is 4. The molecule has 0 radical (unpaired) electrons. The molecule has 2 heterocycles. The number of likely N-dealkylation sites (tertiary alicyclic amines) is 1. The van der Waals surface area contributed by atoms with E-state index in [1.54, 1.807) is 18.4 Å². The topological polar surface area (TPSA) is 55.3 Å². The van der Waals surface area contributed by atoms with Gasteiger partial charge in [-0.05, 0) is 49.2 Å². The number of carbonyl (C=O) groups excluding carboxylic acids is 1. The van der Waals surface area contributed by atoms with Crippen molar-refractivity contribution in [2.24, 2.45) is 0 Å². The second-order valence-corrected chi connectivity index (χ2v) is 7.73. The van der Waals surface area contributed by atoms with Gasteiger partial charge in [-0.25, -0.2) is 4.39 Å². The van der Waals surface area contributed by atoms with E-state index in [9.17, 15) is 9.18 Å². The molecule has 2 aromatic carbocycles. The SMILES string of the molecule is COc1ccccc1-c1nnc(C2CCN(C(=O)c3ccc(F)cc3)CC2)s1. The lowest BCUT2D eigenvalue weighted by molar-refractivity contribution is 0.0713. The molecule has 1 aliphatic heterocycles. The highest BCUT2D eigenvalue weighted by Crippen LogP contribution is 2.36. The smallest absolute Gasteiger partial charge is 0.253 e. The first-order valence-electron chi connectivity index (χ1n) is 9.17. The molecular weight excluding hydrogens is 377 g/mol. The number of hydrogen-bond acceptors (Lipinski definition) is 5. The number of amides is 1. The van der Waals surface area contributed by atoms with E-state index in [0.717, 1.165) is 34.2 Å². The summed E-state index contributed by atoms with van der Waals surface area (Å²) < 4.78 is 18.5. The normalized spacial score (nSPS) is 14.9. The molecule has 1 aliphatic rings. The Bertz CT molecular complexity index is 966. The molecule has 5 nitrogen and oxygen atoms in total. The lowest BCUT2D eigenvalue weighted by Crippen LogP contribution is -2.37. The van der Waals surface area contributed by atoms with Crippen LogP contribution < -0.4 is 4.74 Å². The summed E-state index contributed by atoms with van der Waals surface area (Å²) >= 11 is 1.58. The summed E-state index contributed by atoms with van der Waals surface area (Å²) in [5, 5.41) is 10.6. The number of benzene rings is 2. The summed E-state index contributed by atoms with van der Waals surface area (Å²) in [4.78, 5) is 14.4. The van der Waals surface area contributed by atoms with Gasteiger partial charge in [-0.15, -0.1) is 10.2 Å². The molecule has 4 rings (SSSR count). The summed E-state index contributed by atoms with van der Waals surface area (Å²) in [5.41, 5.74) is 1.46. The van der Waals surface area contributed by atoms with Gasteiger partial charge in [0, 0.05) is 24.6 Å². The van der Waals surface area contributed by atoms with Crippen LogP contribution in [0.25, 0.3) is 10.6 Å². The van der Waals surface area contributed by atoms with Crippen LogP contribution in [0.3, 0.4) is 0 Å². The lowest BCUT2D eigenvalue weighted by atomic mass is 9.97. The van der Waals surface area contributed by atoms with Gasteiger partial charge in [0.05, 0.1) is 12.7 Å². The van der Waals surface area contributed by atoms with Crippen LogP contribution in [0.15, 0.2) is 48.5 Å². The quantitative estimate of drug-likeness (QED) is 0.656. The third-order valence-electron chi connectivity index (χ3n) is 5.00. The Hall–Kier alpha value is -2.80. The molecule has 0 aliphatic carbocycles. The second-order valence-electron chi connectivity index (χ2n) is 6.72. The molecule has 28 heavy (non-hydrogen) atoms. The average molecular weight is 397 g/mol. The number of methoxy groups -OCH3 is 1. The first-order chi connectivity index (χ1) is 13.7. The van der Waals surface area contributed by atoms with Gasteiger partial charge >= 0.3 is 0 Å². The fraction of sp³-hybridized carbons (Fsp3) is 0.286. The minimum absolute atomic E-state index is 0.0505. The van der Waals surface area contributed by atoms with Crippen LogP contribution in [0.2, 0.25) is 0 Å². The van der Waals surface area contributed by atoms with Crippen LogP contribution in [0.4, 0.5) is 4.39 Å². The van der Waals surface area contributed by atoms with Crippen LogP contribution in [0.1, 0.15) is 34.1 Å². The summed E-state index contributed by atoms with van der Waals surface area (Å²) in [6.45, 7) is 1.31. The number of halogens is 1. The maximum Gasteiger partial charge on any atom is 0.253 e. The Morgan fingerprint density at radius 3 is 2.54 bits per heavy atom. The van der Waals surface area contributed by atoms with Crippen molar-refractivity contribution in [2.45, 2.75) is 18.8 Å². The third kappa shape index (κ3) is 3.75. The number of hydrogen-bond donors (Lipinski definition) is 0. The molecule has 1 aromatic heterocycles. The highest BCUT2D eigenvalue weighted by atomic mass is 32.1. The highest BCUT2D eigenvalue weighted by Gasteiger charge is 2.27. The molecule has 1 fully saturated rings. The van der Waals surface area contributed by atoms with E-state index in [-0.39, 0.29) is 11.7 Å². The van der Waals surface area contributed by atoms with E-state index < -0.39 is 0 Å². The fourth-order valence-corrected chi connectivity index (χ4v) is 4.48. The molecule has 0 N–H and O–H groups in total. The molecule has 0 atom stereocenters. The van der Waals surface area contributed by atoms with Crippen LogP contribution in [0, 0.1) is 5.82 Å². The first kappa shape index (κ1) is 18.6. The van der Waals surface area contributed by atoms with Gasteiger partial charge < -0.3 is 9.64 Å². The number of nitrogens with zero attached hydrogens (tertiary/aromatic N) is 3. The lowest BCUT2D eigenvalue weighted by Gasteiger charge is -2.31. The summed E-state index contributed by atoms with van der Waals surface area (Å²) in [6, 6.07) is 13.5. The molecule has 0 unspecified atom stereocenters. The average Bonchev–Trinajstić information content (AvgIpc) is 3.24. The largest absolute Gasteiger partial charge is 0.496 e. The zero-order valence-electron chi connectivity index (χ0n) is 15.5. The molecule has 1 amide bonds. The van der Waals surface area contributed by atoms with Gasteiger partial charge in [-0.3, -0.25) is 4.79 Å². The van der Waals surface area contributed by atoms with Gasteiger partial charge in [0.1, 0.15) is 16.6 Å². The van der Waals surface area contributed by atoms with Gasteiger partial charge in [-0.2, -0.15) is 0 Å². The third-order valence-corrected chi connectivity index (χ3v) is 6.12. The molecule has 0 saturated carbocycles. The van der Waals surface area contributed by atoms with Crippen molar-refractivity contribution in [1.29, 1.82) is 0 Å². The van der Waals surface area contributed by atoms with Gasteiger partial charge in [0.2, 0.25) is 0 Å². The predicted octanol–water partition coefficient (Wildman–Crippen LogP) is 4.37. The monoisotopic (exact) mass is 397 g/mol. The van der Waals surface area contributed by atoms with Crippen molar-refractivity contribution in [3.63, 3.8) is 0 Å². The molecule has 0 bridgehead atoms. The molecule has 3 aromatic rings. The van der Waals surface area contributed by atoms with E-state index in [1.165, 1.54) is 24.3 Å². The summed E-state index contributed by atoms with van der Waals surface area (Å²) in [5.74, 6) is 0.686. The van der Waals surface area contributed by atoms with E-state index in [0.29, 0.717) is 24.6 Å². The molecular formula is C21H20FN3O2S. The van der Waals surface area contributed by atoms with Gasteiger partial charge in [-0.1, -0.05) is 23.5 Å². The first-order valence-corrected chi connectivity index (χ1v) is 9.99. The van der Waals surface area contributed by atoms with Crippen LogP contribution >= 0.6 is 11.3 Å². The minimum atomic E-state index is -0.336. The number of carbonyl (C=O) groups is 1. The Morgan fingerprint density at radius 2 is 1.82 bits per heavy atom. The van der Waals surface area contributed by atoms with Crippen LogP contribution in [-0.4, -0.2) is 41.2 Å². The minimum Gasteiger partial charge on any atom is -0.496 e. The van der Waals surface area contributed by atoms with Crippen molar-refractivity contribution < 1.29 is 13.9 Å². The van der Waals surface area contributed by atoms with Gasteiger partial charge in [0.25, 0.3) is 5.91 Å². The van der Waals surface area contributed by atoms with Crippen LogP contribution in [-0.2, 0) is 0 Å². The number of piperidine rings is 1. The van der Waals surface area contributed by atoms with E-state index in [1.807, 2.05) is 29.2 Å². The van der Waals surface area contributed by atoms with Crippen molar-refractivity contribution in [2.75, 3.05) is 20.2 Å². The Kier molecular flexibility index (Phi) is 5.34. The zero-order chi connectivity index (χ0) is 19.5. The maximum atomic E-state index is 13.1. The molecule has 144 valence electrons. The van der Waals surface area contributed by atoms with Crippen molar-refractivity contribution >= 4 is 17.2 Å². The Labute approximate surface area is 166 Å². The van der Waals surface area contributed by atoms with Gasteiger partial charge in [0.15, 0.2) is 5.01 Å². The second kappa shape index (κ2) is 8.06. The van der Waals surface area contributed by atoms with Crippen molar-refractivity contribution in [1.82, 2.24) is 15.1 Å². The predicted molar refractivity (Wildman–Crippen MR) is 106 cm³/mol. The summed E-state index contributed by atoms with van der Waals surface area (Å²) in [6.07, 6.45) is 1.68. The Balaban J connectivity index is 1.42. The molecule has 0 spiro atoms. The number of para-hydroxylation sites is 1. The zero-order valence-corrected chi connectivity index (χ0v) is 16.3. The van der Waals surface area contributed by atoms with Crippen LogP contribution in [0.5, 0.6) is 5.75 Å². The van der Waals surface area contributed by atoms with E-state index in [4.69, 9.17) is 4.74 Å². The van der Waals surface area contributed by atoms with Crippen molar-refractivity contribution in [3.05, 3.63) is 64.9 Å². The Morgan fingerprint density at radius 1 is 1.11 bits per heavy atom. The molecule has 7 heteroatoms. The maximum absolute atomic E-state index is 13.1. The summed E-state index contributed by atoms with van der Waals surface area (Å²) in [7, 11) is 1.65. The molecule has 1 saturated heterocycles. The van der Waals surface area contributed by atoms with E-state index >= 15 is 0 Å². The van der Waals surface area contributed by atoms with Crippen molar-refractivity contribution in [3.8, 4) is 16.3 Å².